The van der Waals surface area contributed by atoms with Gasteiger partial charge in [-0.15, -0.1) is 0 Å². The molecule has 0 spiro atoms. The molecule has 0 aliphatic heterocycles. The third-order valence-electron chi connectivity index (χ3n) is 0.244. The molecule has 0 rings (SSSR count). The number of hydrogen-bond acceptors (Lipinski definition) is 0. The molecule has 0 N–H and O–H groups in total. The monoisotopic (exact) mass is 150 g/mol. The quantitative estimate of drug-likeness (QED) is 0.504. The summed E-state index contributed by atoms with van der Waals surface area (Å²) in [5, 5.41) is 0. The smallest absolute Gasteiger partial charge is 0.165 e. The second-order valence-electron chi connectivity index (χ2n) is 0.692. The summed E-state index contributed by atoms with van der Waals surface area (Å²) in [6, 6.07) is 0. The Balaban J connectivity index is 3.41. The van der Waals surface area contributed by atoms with Gasteiger partial charge in [0, 0.05) is 0 Å². The van der Waals surface area contributed by atoms with Crippen LogP contribution in [0.4, 0.5) is 4.39 Å². The van der Waals surface area contributed by atoms with Gasteiger partial charge in [-0.25, -0.2) is 0 Å². The lowest BCUT2D eigenvalue weighted by atomic mass is 10.6. The second kappa shape index (κ2) is 3.09. The van der Waals surface area contributed by atoms with Gasteiger partial charge in [-0.1, -0.05) is 12.7 Å². The van der Waals surface area contributed by atoms with E-state index in [2.05, 4.69) is 22.5 Å². The SMILES string of the molecule is C=CC=C(F)Br. The van der Waals surface area contributed by atoms with Gasteiger partial charge in [-0.3, -0.25) is 0 Å². The number of allylic oxidation sites excluding steroid dienone is 2. The summed E-state index contributed by atoms with van der Waals surface area (Å²) >= 11 is 2.56. The summed E-state index contributed by atoms with van der Waals surface area (Å²) in [6.07, 6.45) is 2.59. The highest BCUT2D eigenvalue weighted by Crippen LogP contribution is 2.03. The molecule has 0 atom stereocenters. The van der Waals surface area contributed by atoms with Crippen molar-refractivity contribution in [1.29, 1.82) is 0 Å². The minimum absolute atomic E-state index is 0.391. The van der Waals surface area contributed by atoms with Crippen LogP contribution in [-0.2, 0) is 0 Å². The first-order valence-electron chi connectivity index (χ1n) is 1.41. The van der Waals surface area contributed by atoms with Crippen LogP contribution in [0.25, 0.3) is 0 Å². The molecule has 0 aliphatic rings. The average molecular weight is 151 g/mol. The third-order valence-corrected chi connectivity index (χ3v) is 0.508. The van der Waals surface area contributed by atoms with Gasteiger partial charge in [-0.2, -0.15) is 4.39 Å². The van der Waals surface area contributed by atoms with Gasteiger partial charge >= 0.3 is 0 Å². The van der Waals surface area contributed by atoms with Gasteiger partial charge in [0.15, 0.2) is 4.74 Å². The maximum Gasteiger partial charge on any atom is 0.165 e. The predicted molar refractivity (Wildman–Crippen MR) is 28.3 cm³/mol. The van der Waals surface area contributed by atoms with E-state index in [-0.39, 0.29) is 0 Å². The first-order chi connectivity index (χ1) is 2.77. The molecule has 0 amide bonds. The van der Waals surface area contributed by atoms with E-state index in [1.807, 2.05) is 0 Å². The van der Waals surface area contributed by atoms with Crippen molar-refractivity contribution in [3.63, 3.8) is 0 Å². The van der Waals surface area contributed by atoms with E-state index in [0.29, 0.717) is 0 Å². The van der Waals surface area contributed by atoms with E-state index in [0.717, 1.165) is 0 Å². The lowest BCUT2D eigenvalue weighted by molar-refractivity contribution is 0.705. The molecule has 0 aliphatic carbocycles. The zero-order valence-corrected chi connectivity index (χ0v) is 4.70. The minimum atomic E-state index is -0.391. The van der Waals surface area contributed by atoms with E-state index < -0.39 is 4.74 Å². The molecule has 0 radical (unpaired) electrons. The Morgan fingerprint density at radius 3 is 2.33 bits per heavy atom. The molecule has 0 heterocycles. The van der Waals surface area contributed by atoms with Crippen LogP contribution in [0.5, 0.6) is 0 Å². The Morgan fingerprint density at radius 1 is 1.83 bits per heavy atom. The summed E-state index contributed by atoms with van der Waals surface area (Å²) in [6.45, 7) is 3.25. The highest BCUT2D eigenvalue weighted by atomic mass is 79.9. The molecule has 0 aromatic rings. The van der Waals surface area contributed by atoms with Crippen molar-refractivity contribution in [3.05, 3.63) is 23.5 Å². The Hall–Kier alpha value is -0.110. The fourth-order valence-corrected chi connectivity index (χ4v) is 0.276. The molecular formula is C4H4BrF. The van der Waals surface area contributed by atoms with Crippen LogP contribution in [-0.4, -0.2) is 0 Å². The van der Waals surface area contributed by atoms with Gasteiger partial charge in [0.05, 0.1) is 0 Å². The Morgan fingerprint density at radius 2 is 2.33 bits per heavy atom. The predicted octanol–water partition coefficient (Wildman–Crippen LogP) is 2.38. The van der Waals surface area contributed by atoms with Crippen molar-refractivity contribution < 1.29 is 4.39 Å². The van der Waals surface area contributed by atoms with E-state index in [9.17, 15) is 4.39 Å². The molecule has 0 aromatic heterocycles. The second-order valence-corrected chi connectivity index (χ2v) is 1.45. The summed E-state index contributed by atoms with van der Waals surface area (Å²) in [5.74, 6) is 0. The van der Waals surface area contributed by atoms with Gasteiger partial charge in [0.25, 0.3) is 0 Å². The van der Waals surface area contributed by atoms with E-state index in [1.165, 1.54) is 12.2 Å². The summed E-state index contributed by atoms with van der Waals surface area (Å²) < 4.78 is 11.0. The largest absolute Gasteiger partial charge is 0.199 e. The molecule has 2 heteroatoms. The maximum absolute atomic E-state index is 11.4. The van der Waals surface area contributed by atoms with E-state index in [4.69, 9.17) is 0 Å². The van der Waals surface area contributed by atoms with Gasteiger partial charge in [0.1, 0.15) is 0 Å². The lowest BCUT2D eigenvalue weighted by Crippen LogP contribution is -1.44. The summed E-state index contributed by atoms with van der Waals surface area (Å²) in [4.78, 5) is 0. The molecule has 0 saturated carbocycles. The van der Waals surface area contributed by atoms with Crippen molar-refractivity contribution in [1.82, 2.24) is 0 Å². The minimum Gasteiger partial charge on any atom is -0.199 e. The van der Waals surface area contributed by atoms with Crippen molar-refractivity contribution in [2.75, 3.05) is 0 Å². The van der Waals surface area contributed by atoms with Crippen LogP contribution in [0.15, 0.2) is 23.5 Å². The van der Waals surface area contributed by atoms with Gasteiger partial charge in [0.2, 0.25) is 0 Å². The maximum atomic E-state index is 11.4. The van der Waals surface area contributed by atoms with Crippen LogP contribution in [0.3, 0.4) is 0 Å². The number of rotatable bonds is 1. The molecule has 0 unspecified atom stereocenters. The number of hydrogen-bond donors (Lipinski definition) is 0. The highest BCUT2D eigenvalue weighted by Gasteiger charge is 1.72. The van der Waals surface area contributed by atoms with Crippen molar-refractivity contribution in [3.8, 4) is 0 Å². The zero-order valence-electron chi connectivity index (χ0n) is 3.12. The van der Waals surface area contributed by atoms with Crippen LogP contribution in [0.2, 0.25) is 0 Å². The first kappa shape index (κ1) is 5.89. The summed E-state index contributed by atoms with van der Waals surface area (Å²) in [5.41, 5.74) is 0. The molecule has 0 bridgehead atoms. The molecule has 0 aromatic carbocycles. The molecule has 0 fully saturated rings. The zero-order chi connectivity index (χ0) is 4.99. The highest BCUT2D eigenvalue weighted by molar-refractivity contribution is 9.11. The van der Waals surface area contributed by atoms with E-state index >= 15 is 0 Å². The Labute approximate surface area is 44.5 Å². The van der Waals surface area contributed by atoms with Gasteiger partial charge in [-0.05, 0) is 22.0 Å². The van der Waals surface area contributed by atoms with E-state index in [1.54, 1.807) is 0 Å². The Bertz CT molecular complexity index is 71.6. The molecular weight excluding hydrogens is 147 g/mol. The normalized spacial score (nSPS) is 11.3. The fraction of sp³-hybridized carbons (Fsp3) is 0. The Kier molecular flexibility index (Phi) is 3.04. The van der Waals surface area contributed by atoms with Crippen molar-refractivity contribution in [2.24, 2.45) is 0 Å². The summed E-state index contributed by atoms with van der Waals surface area (Å²) in [7, 11) is 0. The fourth-order valence-electron chi connectivity index (χ4n) is 0.0891. The standard InChI is InChI=1S/C4H4BrF/c1-2-3-4(5)6/h2-3H,1H2. The topological polar surface area (TPSA) is 0 Å². The van der Waals surface area contributed by atoms with Crippen LogP contribution in [0, 0.1) is 0 Å². The van der Waals surface area contributed by atoms with Crippen molar-refractivity contribution in [2.45, 2.75) is 0 Å². The molecule has 0 saturated heterocycles. The average Bonchev–Trinajstić information content (AvgIpc) is 1.35. The van der Waals surface area contributed by atoms with Gasteiger partial charge < -0.3 is 0 Å². The molecule has 34 valence electrons. The number of halogens is 2. The van der Waals surface area contributed by atoms with Crippen LogP contribution < -0.4 is 0 Å². The van der Waals surface area contributed by atoms with Crippen molar-refractivity contribution >= 4 is 15.9 Å². The van der Waals surface area contributed by atoms with Crippen LogP contribution in [0.1, 0.15) is 0 Å². The third kappa shape index (κ3) is 3.89. The lowest BCUT2D eigenvalue weighted by Gasteiger charge is -1.68. The van der Waals surface area contributed by atoms with Crippen LogP contribution >= 0.6 is 15.9 Å². The first-order valence-corrected chi connectivity index (χ1v) is 2.20. The molecule has 0 nitrogen and oxygen atoms in total. The molecule has 6 heavy (non-hydrogen) atoms.